The number of rotatable bonds is 5. The largest absolute Gasteiger partial charge is 0.481 e. The second-order valence-electron chi connectivity index (χ2n) is 5.10. The van der Waals surface area contributed by atoms with Crippen molar-refractivity contribution in [1.82, 2.24) is 5.32 Å². The molecule has 1 aromatic heterocycles. The maximum absolute atomic E-state index is 10.5. The zero-order valence-corrected chi connectivity index (χ0v) is 10.9. The fourth-order valence-electron chi connectivity index (χ4n) is 1.32. The van der Waals surface area contributed by atoms with Gasteiger partial charge in [-0.25, -0.2) is 0 Å². The van der Waals surface area contributed by atoms with E-state index in [2.05, 4.69) is 26.1 Å². The summed E-state index contributed by atoms with van der Waals surface area (Å²) in [5, 5.41) is 12.0. The van der Waals surface area contributed by atoms with E-state index >= 15 is 0 Å². The van der Waals surface area contributed by atoms with E-state index in [-0.39, 0.29) is 11.8 Å². The number of carbonyl (C=O) groups is 1. The van der Waals surface area contributed by atoms with Crippen LogP contribution in [0.15, 0.2) is 12.1 Å². The lowest BCUT2D eigenvalue weighted by atomic mass is 9.97. The summed E-state index contributed by atoms with van der Waals surface area (Å²) < 4.78 is 0. The molecule has 1 rings (SSSR count). The van der Waals surface area contributed by atoms with Crippen LogP contribution in [0, 0.1) is 5.41 Å². The van der Waals surface area contributed by atoms with Gasteiger partial charge in [0.25, 0.3) is 0 Å². The summed E-state index contributed by atoms with van der Waals surface area (Å²) in [5.74, 6) is -0.768. The third-order valence-electron chi connectivity index (χ3n) is 2.00. The van der Waals surface area contributed by atoms with Crippen LogP contribution in [-0.4, -0.2) is 17.6 Å². The van der Waals surface area contributed by atoms with Gasteiger partial charge in [-0.15, -0.1) is 11.3 Å². The Morgan fingerprint density at radius 1 is 1.38 bits per heavy atom. The van der Waals surface area contributed by atoms with Crippen LogP contribution in [0.5, 0.6) is 0 Å². The van der Waals surface area contributed by atoms with Crippen LogP contribution in [0.3, 0.4) is 0 Å². The predicted octanol–water partition coefficient (Wildman–Crippen LogP) is 2.51. The zero-order chi connectivity index (χ0) is 12.2. The van der Waals surface area contributed by atoms with Crippen LogP contribution in [0.1, 0.15) is 30.5 Å². The molecule has 0 spiro atoms. The molecule has 0 aromatic carbocycles. The third-order valence-corrected chi connectivity index (χ3v) is 3.08. The van der Waals surface area contributed by atoms with Crippen molar-refractivity contribution in [1.29, 1.82) is 0 Å². The van der Waals surface area contributed by atoms with Gasteiger partial charge in [0.1, 0.15) is 0 Å². The Labute approximate surface area is 100 Å². The second-order valence-corrected chi connectivity index (χ2v) is 6.36. The molecule has 0 unspecified atom stereocenters. The maximum atomic E-state index is 10.5. The Bertz CT molecular complexity index is 352. The van der Waals surface area contributed by atoms with Gasteiger partial charge in [-0.2, -0.15) is 0 Å². The van der Waals surface area contributed by atoms with Crippen molar-refractivity contribution in [3.63, 3.8) is 0 Å². The molecular formula is C12H19NO2S. The Kier molecular flexibility index (Phi) is 4.50. The smallest absolute Gasteiger partial charge is 0.308 e. The summed E-state index contributed by atoms with van der Waals surface area (Å²) in [5.41, 5.74) is 0.279. The van der Waals surface area contributed by atoms with E-state index in [9.17, 15) is 4.79 Å². The number of aliphatic carboxylic acids is 1. The minimum Gasteiger partial charge on any atom is -0.481 e. The Hall–Kier alpha value is -0.870. The van der Waals surface area contributed by atoms with Gasteiger partial charge in [0, 0.05) is 22.8 Å². The van der Waals surface area contributed by atoms with Crippen LogP contribution >= 0.6 is 11.3 Å². The highest BCUT2D eigenvalue weighted by atomic mass is 32.1. The van der Waals surface area contributed by atoms with Crippen molar-refractivity contribution in [2.45, 2.75) is 33.7 Å². The predicted molar refractivity (Wildman–Crippen MR) is 66.8 cm³/mol. The lowest BCUT2D eigenvalue weighted by molar-refractivity contribution is -0.136. The fraction of sp³-hybridized carbons (Fsp3) is 0.583. The van der Waals surface area contributed by atoms with Crippen LogP contribution in [-0.2, 0) is 17.8 Å². The van der Waals surface area contributed by atoms with Gasteiger partial charge in [-0.1, -0.05) is 20.8 Å². The normalized spacial score (nSPS) is 11.7. The SMILES string of the molecule is CC(C)(C)CNCc1ccc(CC(=O)O)s1. The van der Waals surface area contributed by atoms with Crippen molar-refractivity contribution in [2.24, 2.45) is 5.41 Å². The second kappa shape index (κ2) is 5.46. The maximum Gasteiger partial charge on any atom is 0.308 e. The van der Waals surface area contributed by atoms with E-state index in [1.54, 1.807) is 11.3 Å². The number of carboxylic acids is 1. The number of thiophene rings is 1. The first-order chi connectivity index (χ1) is 7.37. The van der Waals surface area contributed by atoms with Gasteiger partial charge >= 0.3 is 5.97 Å². The molecule has 0 fully saturated rings. The zero-order valence-electron chi connectivity index (χ0n) is 10.0. The lowest BCUT2D eigenvalue weighted by Gasteiger charge is -2.18. The number of nitrogens with one attached hydrogen (secondary N) is 1. The van der Waals surface area contributed by atoms with Gasteiger partial charge < -0.3 is 10.4 Å². The monoisotopic (exact) mass is 241 g/mol. The van der Waals surface area contributed by atoms with Crippen molar-refractivity contribution in [3.8, 4) is 0 Å². The first kappa shape index (κ1) is 13.2. The highest BCUT2D eigenvalue weighted by Crippen LogP contribution is 2.17. The van der Waals surface area contributed by atoms with Crippen LogP contribution in [0.25, 0.3) is 0 Å². The summed E-state index contributed by atoms with van der Waals surface area (Å²) >= 11 is 1.57. The van der Waals surface area contributed by atoms with E-state index in [4.69, 9.17) is 5.11 Å². The molecule has 0 amide bonds. The van der Waals surface area contributed by atoms with Gasteiger partial charge in [-0.05, 0) is 17.5 Å². The standard InChI is InChI=1S/C12H19NO2S/c1-12(2,3)8-13-7-10-5-4-9(16-10)6-11(14)15/h4-5,13H,6-8H2,1-3H3,(H,14,15). The third kappa shape index (κ3) is 5.28. The number of carboxylic acid groups (broad SMARTS) is 1. The molecule has 0 bridgehead atoms. The van der Waals surface area contributed by atoms with E-state index < -0.39 is 5.97 Å². The van der Waals surface area contributed by atoms with Crippen molar-refractivity contribution < 1.29 is 9.90 Å². The van der Waals surface area contributed by atoms with Gasteiger partial charge in [-0.3, -0.25) is 4.79 Å². The topological polar surface area (TPSA) is 49.3 Å². The van der Waals surface area contributed by atoms with Crippen LogP contribution in [0.4, 0.5) is 0 Å². The molecule has 90 valence electrons. The molecule has 4 heteroatoms. The van der Waals surface area contributed by atoms with E-state index in [1.165, 1.54) is 4.88 Å². The Morgan fingerprint density at radius 2 is 2.00 bits per heavy atom. The summed E-state index contributed by atoms with van der Waals surface area (Å²) in [7, 11) is 0. The average Bonchev–Trinajstić information content (AvgIpc) is 2.49. The van der Waals surface area contributed by atoms with E-state index in [0.29, 0.717) is 0 Å². The first-order valence-corrected chi connectivity index (χ1v) is 6.18. The first-order valence-electron chi connectivity index (χ1n) is 5.37. The van der Waals surface area contributed by atoms with Gasteiger partial charge in [0.15, 0.2) is 0 Å². The highest BCUT2D eigenvalue weighted by Gasteiger charge is 2.09. The summed E-state index contributed by atoms with van der Waals surface area (Å²) in [6.07, 6.45) is 0.129. The summed E-state index contributed by atoms with van der Waals surface area (Å²) in [6.45, 7) is 8.33. The van der Waals surface area contributed by atoms with E-state index in [1.807, 2.05) is 12.1 Å². The number of hydrogen-bond donors (Lipinski definition) is 2. The number of hydrogen-bond acceptors (Lipinski definition) is 3. The molecule has 0 aliphatic heterocycles. The van der Waals surface area contributed by atoms with Crippen LogP contribution < -0.4 is 5.32 Å². The molecule has 0 atom stereocenters. The molecule has 3 nitrogen and oxygen atoms in total. The minimum absolute atomic E-state index is 0.129. The van der Waals surface area contributed by atoms with Crippen LogP contribution in [0.2, 0.25) is 0 Å². The van der Waals surface area contributed by atoms with E-state index in [0.717, 1.165) is 18.0 Å². The molecule has 0 radical (unpaired) electrons. The molecule has 2 N–H and O–H groups in total. The average molecular weight is 241 g/mol. The molecule has 0 aliphatic rings. The molecule has 0 saturated carbocycles. The lowest BCUT2D eigenvalue weighted by Crippen LogP contribution is -2.26. The molecule has 1 heterocycles. The van der Waals surface area contributed by atoms with Gasteiger partial charge in [0.2, 0.25) is 0 Å². The van der Waals surface area contributed by atoms with Crippen molar-refractivity contribution in [3.05, 3.63) is 21.9 Å². The molecule has 0 saturated heterocycles. The summed E-state index contributed by atoms with van der Waals surface area (Å²) in [6, 6.07) is 3.89. The van der Waals surface area contributed by atoms with Gasteiger partial charge in [0.05, 0.1) is 6.42 Å². The molecular weight excluding hydrogens is 222 g/mol. The molecule has 0 aliphatic carbocycles. The minimum atomic E-state index is -0.768. The molecule has 16 heavy (non-hydrogen) atoms. The van der Waals surface area contributed by atoms with Crippen molar-refractivity contribution >= 4 is 17.3 Å². The molecule has 1 aromatic rings. The highest BCUT2D eigenvalue weighted by molar-refractivity contribution is 7.12. The fourth-order valence-corrected chi connectivity index (χ4v) is 2.30. The van der Waals surface area contributed by atoms with Crippen molar-refractivity contribution in [2.75, 3.05) is 6.54 Å². The Balaban J connectivity index is 2.38. The quantitative estimate of drug-likeness (QED) is 0.832. The summed E-state index contributed by atoms with van der Waals surface area (Å²) in [4.78, 5) is 12.6. The Morgan fingerprint density at radius 3 is 2.56 bits per heavy atom.